The Bertz CT molecular complexity index is 655. The number of furan rings is 1. The molecule has 0 saturated heterocycles. The monoisotopic (exact) mass is 443 g/mol. The van der Waals surface area contributed by atoms with E-state index in [0.717, 1.165) is 35.2 Å². The van der Waals surface area contributed by atoms with Gasteiger partial charge in [-0.2, -0.15) is 0 Å². The average molecular weight is 443 g/mol. The number of hydrogen-bond donors (Lipinski definition) is 3. The predicted octanol–water partition coefficient (Wildman–Crippen LogP) is 3.51. The topological polar surface area (TPSA) is 69.8 Å². The summed E-state index contributed by atoms with van der Waals surface area (Å²) in [5, 5.41) is 16.0. The van der Waals surface area contributed by atoms with Crippen LogP contribution in [0.2, 0.25) is 0 Å². The van der Waals surface area contributed by atoms with E-state index in [9.17, 15) is 5.11 Å². The molecule has 5 nitrogen and oxygen atoms in total. The first-order valence-electron chi connectivity index (χ1n) is 7.92. The fourth-order valence-electron chi connectivity index (χ4n) is 2.31. The molecule has 1 unspecified atom stereocenters. The Morgan fingerprint density at radius 2 is 1.92 bits per heavy atom. The van der Waals surface area contributed by atoms with Crippen LogP contribution in [0.4, 0.5) is 0 Å². The van der Waals surface area contributed by atoms with Gasteiger partial charge in [-0.3, -0.25) is 0 Å². The molecule has 24 heavy (non-hydrogen) atoms. The summed E-state index contributed by atoms with van der Waals surface area (Å²) in [5.41, 5.74) is 1.93. The Morgan fingerprint density at radius 1 is 1.21 bits per heavy atom. The quantitative estimate of drug-likeness (QED) is 0.363. The van der Waals surface area contributed by atoms with Gasteiger partial charge < -0.3 is 20.2 Å². The maximum absolute atomic E-state index is 9.39. The van der Waals surface area contributed by atoms with Gasteiger partial charge >= 0.3 is 0 Å². The highest BCUT2D eigenvalue weighted by Gasteiger charge is 2.11. The standard InChI is InChI=1S/C18H25N3O2.HI/c1-4-19-18(21-14(3)17-10-9-13(2)23-17)20-11-15-7-5-6-8-16(15)12-22;/h5-10,14,22H,4,11-12H2,1-3H3,(H2,19,20,21);1H. The van der Waals surface area contributed by atoms with Crippen molar-refractivity contribution in [3.05, 3.63) is 59.0 Å². The third-order valence-electron chi connectivity index (χ3n) is 3.58. The van der Waals surface area contributed by atoms with E-state index in [1.54, 1.807) is 0 Å². The van der Waals surface area contributed by atoms with Crippen LogP contribution < -0.4 is 10.6 Å². The van der Waals surface area contributed by atoms with Gasteiger partial charge in [-0.05, 0) is 44.0 Å². The number of guanidine groups is 1. The van der Waals surface area contributed by atoms with Gasteiger partial charge in [0.05, 0.1) is 19.2 Å². The predicted molar refractivity (Wildman–Crippen MR) is 108 cm³/mol. The van der Waals surface area contributed by atoms with Gasteiger partial charge in [0.2, 0.25) is 0 Å². The molecule has 0 amide bonds. The van der Waals surface area contributed by atoms with Crippen LogP contribution in [0.1, 0.15) is 42.5 Å². The molecule has 0 fully saturated rings. The van der Waals surface area contributed by atoms with Gasteiger partial charge in [-0.25, -0.2) is 4.99 Å². The number of benzene rings is 1. The smallest absolute Gasteiger partial charge is 0.192 e. The van der Waals surface area contributed by atoms with E-state index in [1.807, 2.05) is 57.2 Å². The zero-order valence-corrected chi connectivity index (χ0v) is 16.7. The lowest BCUT2D eigenvalue weighted by atomic mass is 10.1. The second kappa shape index (κ2) is 10.4. The molecule has 0 aliphatic carbocycles. The highest BCUT2D eigenvalue weighted by Crippen LogP contribution is 2.15. The van der Waals surface area contributed by atoms with E-state index in [-0.39, 0.29) is 36.6 Å². The van der Waals surface area contributed by atoms with Gasteiger partial charge in [-0.1, -0.05) is 24.3 Å². The molecule has 6 heteroatoms. The lowest BCUT2D eigenvalue weighted by Gasteiger charge is -2.16. The van der Waals surface area contributed by atoms with E-state index in [1.165, 1.54) is 0 Å². The Morgan fingerprint density at radius 3 is 2.50 bits per heavy atom. The first-order valence-corrected chi connectivity index (χ1v) is 7.92. The number of hydrogen-bond acceptors (Lipinski definition) is 3. The lowest BCUT2D eigenvalue weighted by Crippen LogP contribution is -2.38. The number of nitrogens with one attached hydrogen (secondary N) is 2. The van der Waals surface area contributed by atoms with Crippen molar-refractivity contribution in [3.63, 3.8) is 0 Å². The molecule has 0 aliphatic rings. The molecule has 3 N–H and O–H groups in total. The molecule has 132 valence electrons. The maximum Gasteiger partial charge on any atom is 0.192 e. The van der Waals surface area contributed by atoms with Crippen molar-refractivity contribution >= 4 is 29.9 Å². The number of aliphatic imine (C=N–C) groups is 1. The van der Waals surface area contributed by atoms with E-state index >= 15 is 0 Å². The number of aryl methyl sites for hydroxylation is 1. The minimum atomic E-state index is 0. The largest absolute Gasteiger partial charge is 0.464 e. The van der Waals surface area contributed by atoms with E-state index in [0.29, 0.717) is 6.54 Å². The Hall–Kier alpha value is -1.54. The van der Waals surface area contributed by atoms with Crippen LogP contribution >= 0.6 is 24.0 Å². The van der Waals surface area contributed by atoms with Crippen molar-refractivity contribution in [2.45, 2.75) is 40.0 Å². The van der Waals surface area contributed by atoms with Crippen LogP contribution in [-0.4, -0.2) is 17.6 Å². The van der Waals surface area contributed by atoms with E-state index in [4.69, 9.17) is 4.42 Å². The highest BCUT2D eigenvalue weighted by atomic mass is 127. The summed E-state index contributed by atoms with van der Waals surface area (Å²) in [7, 11) is 0. The zero-order chi connectivity index (χ0) is 16.7. The van der Waals surface area contributed by atoms with E-state index < -0.39 is 0 Å². The summed E-state index contributed by atoms with van der Waals surface area (Å²) >= 11 is 0. The van der Waals surface area contributed by atoms with Gasteiger partial charge in [0.25, 0.3) is 0 Å². The Kier molecular flexibility index (Phi) is 8.84. The van der Waals surface area contributed by atoms with Crippen LogP contribution in [-0.2, 0) is 13.2 Å². The van der Waals surface area contributed by atoms with Crippen molar-refractivity contribution in [1.29, 1.82) is 0 Å². The number of aliphatic hydroxyl groups is 1. The molecular formula is C18H26IN3O2. The number of nitrogens with zero attached hydrogens (tertiary/aromatic N) is 1. The van der Waals surface area contributed by atoms with Crippen LogP contribution in [0, 0.1) is 6.92 Å². The maximum atomic E-state index is 9.39. The summed E-state index contributed by atoms with van der Waals surface area (Å²) in [6, 6.07) is 11.7. The fraction of sp³-hybridized carbons (Fsp3) is 0.389. The van der Waals surface area contributed by atoms with Crippen molar-refractivity contribution in [1.82, 2.24) is 10.6 Å². The molecule has 1 heterocycles. The zero-order valence-electron chi connectivity index (χ0n) is 14.4. The SMILES string of the molecule is CCNC(=NCc1ccccc1CO)NC(C)c1ccc(C)o1.I. The van der Waals surface area contributed by atoms with Crippen molar-refractivity contribution < 1.29 is 9.52 Å². The number of aliphatic hydroxyl groups excluding tert-OH is 1. The van der Waals surface area contributed by atoms with Crippen LogP contribution in [0.25, 0.3) is 0 Å². The molecule has 0 radical (unpaired) electrons. The van der Waals surface area contributed by atoms with Gasteiger partial charge in [0.15, 0.2) is 5.96 Å². The fourth-order valence-corrected chi connectivity index (χ4v) is 2.31. The van der Waals surface area contributed by atoms with Crippen molar-refractivity contribution in [3.8, 4) is 0 Å². The summed E-state index contributed by atoms with van der Waals surface area (Å²) in [5.74, 6) is 2.50. The molecule has 2 rings (SSSR count). The summed E-state index contributed by atoms with van der Waals surface area (Å²) in [6.45, 7) is 7.31. The Balaban J connectivity index is 0.00000288. The Labute approximate surface area is 160 Å². The molecule has 1 atom stereocenters. The molecular weight excluding hydrogens is 417 g/mol. The van der Waals surface area contributed by atoms with Crippen molar-refractivity contribution in [2.75, 3.05) is 6.54 Å². The molecule has 0 saturated carbocycles. The van der Waals surface area contributed by atoms with Gasteiger partial charge in [0, 0.05) is 6.54 Å². The molecule has 2 aromatic rings. The van der Waals surface area contributed by atoms with Crippen molar-refractivity contribution in [2.24, 2.45) is 4.99 Å². The third kappa shape index (κ3) is 5.83. The molecule has 0 aliphatic heterocycles. The minimum Gasteiger partial charge on any atom is -0.464 e. The highest BCUT2D eigenvalue weighted by molar-refractivity contribution is 14.0. The summed E-state index contributed by atoms with van der Waals surface area (Å²) in [6.07, 6.45) is 0. The first kappa shape index (κ1) is 20.5. The number of halogens is 1. The minimum absolute atomic E-state index is 0. The lowest BCUT2D eigenvalue weighted by molar-refractivity contribution is 0.280. The normalized spacial score (nSPS) is 12.4. The van der Waals surface area contributed by atoms with Crippen LogP contribution in [0.5, 0.6) is 0 Å². The van der Waals surface area contributed by atoms with E-state index in [2.05, 4.69) is 15.6 Å². The summed E-state index contributed by atoms with van der Waals surface area (Å²) < 4.78 is 5.65. The molecule has 0 spiro atoms. The molecule has 1 aromatic carbocycles. The second-order valence-corrected chi connectivity index (χ2v) is 5.44. The van der Waals surface area contributed by atoms with Gasteiger partial charge in [-0.15, -0.1) is 24.0 Å². The second-order valence-electron chi connectivity index (χ2n) is 5.44. The molecule has 0 bridgehead atoms. The number of rotatable bonds is 6. The average Bonchev–Trinajstić information content (AvgIpc) is 2.99. The van der Waals surface area contributed by atoms with Crippen LogP contribution in [0.3, 0.4) is 0 Å². The van der Waals surface area contributed by atoms with Gasteiger partial charge in [0.1, 0.15) is 11.5 Å². The van der Waals surface area contributed by atoms with Crippen LogP contribution in [0.15, 0.2) is 45.8 Å². The summed E-state index contributed by atoms with van der Waals surface area (Å²) in [4.78, 5) is 4.61. The first-order chi connectivity index (χ1) is 11.1. The third-order valence-corrected chi connectivity index (χ3v) is 3.58. The molecule has 1 aromatic heterocycles.